The van der Waals surface area contributed by atoms with Crippen molar-refractivity contribution in [3.8, 4) is 5.75 Å². The molecule has 0 bridgehead atoms. The Balaban J connectivity index is 2.16. The van der Waals surface area contributed by atoms with Gasteiger partial charge in [-0.05, 0) is 51.9 Å². The molecule has 6 heteroatoms. The second-order valence-corrected chi connectivity index (χ2v) is 5.62. The zero-order valence-electron chi connectivity index (χ0n) is 10.4. The van der Waals surface area contributed by atoms with Crippen molar-refractivity contribution in [3.05, 3.63) is 67.3 Å². The zero-order chi connectivity index (χ0) is 14.5. The zero-order valence-corrected chi connectivity index (χ0v) is 13.3. The Bertz CT molecular complexity index is 616. The SMILES string of the molecule is O=[N+]([O-])c1cc(CCl)ccc1OCc1ccc(I)cc1. The topological polar surface area (TPSA) is 52.4 Å². The van der Waals surface area contributed by atoms with Crippen LogP contribution in [0, 0.1) is 13.7 Å². The molecule has 0 N–H and O–H groups in total. The first kappa shape index (κ1) is 15.1. The van der Waals surface area contributed by atoms with Crippen LogP contribution in [-0.4, -0.2) is 4.92 Å². The van der Waals surface area contributed by atoms with Crippen LogP contribution in [0.1, 0.15) is 11.1 Å². The number of alkyl halides is 1. The largest absolute Gasteiger partial charge is 0.482 e. The highest BCUT2D eigenvalue weighted by Crippen LogP contribution is 2.29. The number of hydrogen-bond donors (Lipinski definition) is 0. The van der Waals surface area contributed by atoms with Gasteiger partial charge < -0.3 is 4.74 Å². The molecule has 0 radical (unpaired) electrons. The van der Waals surface area contributed by atoms with Crippen molar-refractivity contribution in [3.63, 3.8) is 0 Å². The smallest absolute Gasteiger partial charge is 0.311 e. The lowest BCUT2D eigenvalue weighted by Crippen LogP contribution is -1.99. The van der Waals surface area contributed by atoms with Gasteiger partial charge in [0.05, 0.1) is 4.92 Å². The molecule has 0 amide bonds. The van der Waals surface area contributed by atoms with Gasteiger partial charge in [0.25, 0.3) is 0 Å². The molecule has 2 rings (SSSR count). The normalized spacial score (nSPS) is 10.3. The summed E-state index contributed by atoms with van der Waals surface area (Å²) in [6, 6.07) is 12.5. The van der Waals surface area contributed by atoms with E-state index >= 15 is 0 Å². The minimum atomic E-state index is -0.459. The lowest BCUT2D eigenvalue weighted by atomic mass is 10.2. The van der Waals surface area contributed by atoms with Crippen molar-refractivity contribution in [2.75, 3.05) is 0 Å². The molecule has 0 aliphatic carbocycles. The molecular weight excluding hydrogens is 393 g/mol. The second kappa shape index (κ2) is 6.90. The number of benzene rings is 2. The maximum Gasteiger partial charge on any atom is 0.311 e. The molecule has 0 atom stereocenters. The molecule has 0 aliphatic heterocycles. The standard InChI is InChI=1S/C14H11ClINO3/c15-8-11-3-6-14(13(7-11)17(18)19)20-9-10-1-4-12(16)5-2-10/h1-7H,8-9H2. The van der Waals surface area contributed by atoms with Crippen molar-refractivity contribution < 1.29 is 9.66 Å². The summed E-state index contributed by atoms with van der Waals surface area (Å²) in [5, 5.41) is 11.0. The van der Waals surface area contributed by atoms with Crippen LogP contribution in [0.4, 0.5) is 5.69 Å². The summed E-state index contributed by atoms with van der Waals surface area (Å²) >= 11 is 7.90. The summed E-state index contributed by atoms with van der Waals surface area (Å²) in [5.74, 6) is 0.487. The average molecular weight is 404 g/mol. The van der Waals surface area contributed by atoms with Crippen molar-refractivity contribution >= 4 is 39.9 Å². The third-order valence-corrected chi connectivity index (χ3v) is 3.71. The van der Waals surface area contributed by atoms with Crippen molar-refractivity contribution in [1.82, 2.24) is 0 Å². The van der Waals surface area contributed by atoms with Crippen LogP contribution in [0.25, 0.3) is 0 Å². The van der Waals surface area contributed by atoms with Gasteiger partial charge in [0, 0.05) is 15.5 Å². The van der Waals surface area contributed by atoms with Crippen LogP contribution < -0.4 is 4.74 Å². The maximum atomic E-state index is 11.0. The van der Waals surface area contributed by atoms with Gasteiger partial charge in [-0.15, -0.1) is 11.6 Å². The van der Waals surface area contributed by atoms with E-state index in [9.17, 15) is 10.1 Å². The molecule has 0 aromatic heterocycles. The number of nitro benzene ring substituents is 1. The molecule has 0 fully saturated rings. The van der Waals surface area contributed by atoms with Gasteiger partial charge >= 0.3 is 5.69 Å². The molecule has 0 aliphatic rings. The fourth-order valence-electron chi connectivity index (χ4n) is 1.65. The number of nitrogens with zero attached hydrogens (tertiary/aromatic N) is 1. The van der Waals surface area contributed by atoms with Crippen molar-refractivity contribution in [2.45, 2.75) is 12.5 Å². The van der Waals surface area contributed by atoms with Crippen LogP contribution in [-0.2, 0) is 12.5 Å². The van der Waals surface area contributed by atoms with Gasteiger partial charge in [-0.25, -0.2) is 0 Å². The van der Waals surface area contributed by atoms with Gasteiger partial charge in [0.2, 0.25) is 0 Å². The van der Waals surface area contributed by atoms with E-state index in [1.165, 1.54) is 6.07 Å². The molecule has 0 saturated carbocycles. The first-order valence-corrected chi connectivity index (χ1v) is 7.42. The average Bonchev–Trinajstić information content (AvgIpc) is 2.46. The lowest BCUT2D eigenvalue weighted by molar-refractivity contribution is -0.386. The van der Waals surface area contributed by atoms with Crippen LogP contribution in [0.5, 0.6) is 5.75 Å². The van der Waals surface area contributed by atoms with Gasteiger partial charge in [-0.2, -0.15) is 0 Å². The predicted octanol–water partition coefficient (Wildman–Crippen LogP) is 4.52. The summed E-state index contributed by atoms with van der Waals surface area (Å²) in [4.78, 5) is 10.6. The van der Waals surface area contributed by atoms with E-state index in [0.29, 0.717) is 5.56 Å². The monoisotopic (exact) mass is 403 g/mol. The molecule has 2 aromatic carbocycles. The number of hydrogen-bond acceptors (Lipinski definition) is 3. The maximum absolute atomic E-state index is 11.0. The van der Waals surface area contributed by atoms with E-state index < -0.39 is 4.92 Å². The Hall–Kier alpha value is -1.34. The quantitative estimate of drug-likeness (QED) is 0.319. The van der Waals surface area contributed by atoms with Crippen molar-refractivity contribution in [1.29, 1.82) is 0 Å². The molecule has 0 heterocycles. The predicted molar refractivity (Wildman–Crippen MR) is 86.1 cm³/mol. The van der Waals surface area contributed by atoms with E-state index in [0.717, 1.165) is 9.13 Å². The van der Waals surface area contributed by atoms with Gasteiger partial charge in [0.1, 0.15) is 6.61 Å². The van der Waals surface area contributed by atoms with Crippen LogP contribution >= 0.6 is 34.2 Å². The number of rotatable bonds is 5. The highest BCUT2D eigenvalue weighted by atomic mass is 127. The first-order chi connectivity index (χ1) is 9.60. The van der Waals surface area contributed by atoms with E-state index in [1.54, 1.807) is 12.1 Å². The second-order valence-electron chi connectivity index (χ2n) is 4.11. The highest BCUT2D eigenvalue weighted by Gasteiger charge is 2.15. The molecule has 0 unspecified atom stereocenters. The fourth-order valence-corrected chi connectivity index (χ4v) is 2.18. The molecular formula is C14H11ClINO3. The Labute approximate surface area is 135 Å². The third-order valence-electron chi connectivity index (χ3n) is 2.68. The molecule has 2 aromatic rings. The summed E-state index contributed by atoms with van der Waals surface area (Å²) in [5.41, 5.74) is 1.59. The van der Waals surface area contributed by atoms with Crippen LogP contribution in [0.3, 0.4) is 0 Å². The van der Waals surface area contributed by atoms with Crippen LogP contribution in [0.2, 0.25) is 0 Å². The minimum absolute atomic E-state index is 0.0614. The Kier molecular flexibility index (Phi) is 5.19. The molecule has 104 valence electrons. The third kappa shape index (κ3) is 3.83. The van der Waals surface area contributed by atoms with Gasteiger partial charge in [0.15, 0.2) is 5.75 Å². The van der Waals surface area contributed by atoms with Gasteiger partial charge in [-0.1, -0.05) is 18.2 Å². The Morgan fingerprint density at radius 1 is 1.15 bits per heavy atom. The molecule has 0 spiro atoms. The summed E-state index contributed by atoms with van der Waals surface area (Å²) in [7, 11) is 0. The number of nitro groups is 1. The van der Waals surface area contributed by atoms with E-state index in [1.807, 2.05) is 24.3 Å². The van der Waals surface area contributed by atoms with Crippen LogP contribution in [0.15, 0.2) is 42.5 Å². The number of halogens is 2. The van der Waals surface area contributed by atoms with E-state index in [4.69, 9.17) is 16.3 Å². The van der Waals surface area contributed by atoms with E-state index in [2.05, 4.69) is 22.6 Å². The first-order valence-electron chi connectivity index (χ1n) is 5.80. The highest BCUT2D eigenvalue weighted by molar-refractivity contribution is 14.1. The molecule has 4 nitrogen and oxygen atoms in total. The van der Waals surface area contributed by atoms with Crippen molar-refractivity contribution in [2.24, 2.45) is 0 Å². The lowest BCUT2D eigenvalue weighted by Gasteiger charge is -2.08. The summed E-state index contributed by atoms with van der Waals surface area (Å²) in [6.45, 7) is 0.290. The molecule has 20 heavy (non-hydrogen) atoms. The fraction of sp³-hybridized carbons (Fsp3) is 0.143. The minimum Gasteiger partial charge on any atom is -0.482 e. The van der Waals surface area contributed by atoms with Gasteiger partial charge in [-0.3, -0.25) is 10.1 Å². The summed E-state index contributed by atoms with van der Waals surface area (Å²) in [6.07, 6.45) is 0. The number of ether oxygens (including phenoxy) is 1. The van der Waals surface area contributed by atoms with E-state index in [-0.39, 0.29) is 23.9 Å². The summed E-state index contributed by atoms with van der Waals surface area (Å²) < 4.78 is 6.67. The Morgan fingerprint density at radius 3 is 2.40 bits per heavy atom. The molecule has 0 saturated heterocycles. The Morgan fingerprint density at radius 2 is 1.80 bits per heavy atom.